The molecule has 0 aliphatic carbocycles. The van der Waals surface area contributed by atoms with Gasteiger partial charge in [-0.15, -0.1) is 0 Å². The molecule has 114 valence electrons. The van der Waals surface area contributed by atoms with E-state index in [-0.39, 0.29) is 18.8 Å². The predicted octanol–water partition coefficient (Wildman–Crippen LogP) is 0.131. The van der Waals surface area contributed by atoms with Gasteiger partial charge in [0.15, 0.2) is 11.6 Å². The summed E-state index contributed by atoms with van der Waals surface area (Å²) in [5.41, 5.74) is 0. The second-order valence-electron chi connectivity index (χ2n) is 6.30. The molecule has 0 aromatic heterocycles. The predicted molar refractivity (Wildman–Crippen MR) is 66.6 cm³/mol. The summed E-state index contributed by atoms with van der Waals surface area (Å²) >= 11 is 0. The Morgan fingerprint density at radius 2 is 1.90 bits per heavy atom. The maximum Gasteiger partial charge on any atom is 0.218 e. The Bertz CT molecular complexity index is 412. The zero-order valence-electron chi connectivity index (χ0n) is 12.2. The lowest BCUT2D eigenvalue weighted by molar-refractivity contribution is -0.277. The van der Waals surface area contributed by atoms with E-state index in [0.717, 1.165) is 0 Å². The summed E-state index contributed by atoms with van der Waals surface area (Å²) in [7, 11) is 0. The van der Waals surface area contributed by atoms with Gasteiger partial charge in [-0.25, -0.2) is 0 Å². The fourth-order valence-electron chi connectivity index (χ4n) is 3.17. The van der Waals surface area contributed by atoms with Crippen molar-refractivity contribution in [1.82, 2.24) is 5.32 Å². The lowest BCUT2D eigenvalue weighted by Gasteiger charge is -2.40. The van der Waals surface area contributed by atoms with E-state index in [9.17, 15) is 4.79 Å². The van der Waals surface area contributed by atoms with Crippen LogP contribution in [0, 0.1) is 0 Å². The number of carbonyl (C=O) groups is 1. The Morgan fingerprint density at radius 1 is 1.15 bits per heavy atom. The first-order chi connectivity index (χ1) is 9.27. The SMILES string of the molecule is CC1(C)O[C@@H]2[C@@H](CO[C@@]3(CNC=O)OC(C)(C)O[C@@H]23)O1. The van der Waals surface area contributed by atoms with Gasteiger partial charge in [-0.2, -0.15) is 0 Å². The Morgan fingerprint density at radius 3 is 2.60 bits per heavy atom. The fourth-order valence-corrected chi connectivity index (χ4v) is 3.17. The molecule has 3 fully saturated rings. The van der Waals surface area contributed by atoms with E-state index >= 15 is 0 Å². The van der Waals surface area contributed by atoms with Gasteiger partial charge in [0.2, 0.25) is 12.2 Å². The Balaban J connectivity index is 1.87. The van der Waals surface area contributed by atoms with Gasteiger partial charge in [-0.3, -0.25) is 4.79 Å². The minimum absolute atomic E-state index is 0.197. The summed E-state index contributed by atoms with van der Waals surface area (Å²) in [6.07, 6.45) is -0.317. The minimum Gasteiger partial charge on any atom is -0.353 e. The molecule has 3 rings (SSSR count). The molecule has 1 N–H and O–H groups in total. The first-order valence-corrected chi connectivity index (χ1v) is 6.82. The number of carbonyl (C=O) groups excluding carboxylic acids is 1. The van der Waals surface area contributed by atoms with E-state index in [1.807, 2.05) is 27.7 Å². The molecular weight excluding hydrogens is 266 g/mol. The highest BCUT2D eigenvalue weighted by Gasteiger charge is 2.65. The van der Waals surface area contributed by atoms with Crippen LogP contribution < -0.4 is 5.32 Å². The standard InChI is InChI=1S/C13H21NO6/c1-11(2)17-8-5-16-13(6-14-7-15)10(9(8)18-11)19-12(3,4)20-13/h7-10H,5-6H2,1-4H3,(H,14,15)/t8-,9-,10+,13+/m1/s1. The molecule has 0 bridgehead atoms. The van der Waals surface area contributed by atoms with Gasteiger partial charge < -0.3 is 29.0 Å². The first kappa shape index (κ1) is 14.2. The lowest BCUT2D eigenvalue weighted by Crippen LogP contribution is -2.62. The second-order valence-corrected chi connectivity index (χ2v) is 6.30. The molecule has 7 nitrogen and oxygen atoms in total. The lowest BCUT2D eigenvalue weighted by atomic mass is 9.97. The highest BCUT2D eigenvalue weighted by Crippen LogP contribution is 2.47. The van der Waals surface area contributed by atoms with Crippen molar-refractivity contribution >= 4 is 6.41 Å². The van der Waals surface area contributed by atoms with Gasteiger partial charge in [0, 0.05) is 0 Å². The minimum atomic E-state index is -1.03. The normalized spacial score (nSPS) is 44.7. The molecule has 3 heterocycles. The first-order valence-electron chi connectivity index (χ1n) is 6.82. The van der Waals surface area contributed by atoms with Crippen molar-refractivity contribution < 1.29 is 28.5 Å². The third-order valence-corrected chi connectivity index (χ3v) is 3.71. The average molecular weight is 287 g/mol. The van der Waals surface area contributed by atoms with Crippen molar-refractivity contribution in [2.75, 3.05) is 13.2 Å². The van der Waals surface area contributed by atoms with Crippen LogP contribution in [0.15, 0.2) is 0 Å². The summed E-state index contributed by atoms with van der Waals surface area (Å²) in [4.78, 5) is 10.6. The molecule has 7 heteroatoms. The molecule has 3 aliphatic rings. The molecule has 1 amide bonds. The second kappa shape index (κ2) is 4.38. The molecule has 20 heavy (non-hydrogen) atoms. The number of amides is 1. The van der Waals surface area contributed by atoms with Crippen LogP contribution in [0.4, 0.5) is 0 Å². The molecule has 3 saturated heterocycles. The molecule has 0 radical (unpaired) electrons. The molecular formula is C13H21NO6. The smallest absolute Gasteiger partial charge is 0.218 e. The van der Waals surface area contributed by atoms with E-state index in [1.54, 1.807) is 0 Å². The van der Waals surface area contributed by atoms with Gasteiger partial charge in [-0.05, 0) is 27.7 Å². The van der Waals surface area contributed by atoms with Crippen molar-refractivity contribution in [3.05, 3.63) is 0 Å². The van der Waals surface area contributed by atoms with Crippen molar-refractivity contribution in [1.29, 1.82) is 0 Å². The van der Waals surface area contributed by atoms with Crippen LogP contribution in [0.3, 0.4) is 0 Å². The Kier molecular flexibility index (Phi) is 3.11. The fraction of sp³-hybridized carbons (Fsp3) is 0.923. The number of hydrogen-bond acceptors (Lipinski definition) is 6. The summed E-state index contributed by atoms with van der Waals surface area (Å²) in [6, 6.07) is 0. The maximum absolute atomic E-state index is 10.6. The van der Waals surface area contributed by atoms with Crippen LogP contribution in [0.2, 0.25) is 0 Å². The van der Waals surface area contributed by atoms with Gasteiger partial charge in [0.1, 0.15) is 18.3 Å². The average Bonchev–Trinajstić information content (AvgIpc) is 2.78. The number of fused-ring (bicyclic) bond motifs is 3. The van der Waals surface area contributed by atoms with Crippen LogP contribution >= 0.6 is 0 Å². The Labute approximate surface area is 117 Å². The summed E-state index contributed by atoms with van der Waals surface area (Å²) < 4.78 is 29.5. The van der Waals surface area contributed by atoms with E-state index in [1.165, 1.54) is 0 Å². The van der Waals surface area contributed by atoms with Crippen LogP contribution in [-0.4, -0.2) is 55.2 Å². The highest BCUT2D eigenvalue weighted by atomic mass is 16.9. The van der Waals surface area contributed by atoms with Crippen LogP contribution in [0.25, 0.3) is 0 Å². The highest BCUT2D eigenvalue weighted by molar-refractivity contribution is 5.46. The maximum atomic E-state index is 10.6. The molecule has 0 aromatic carbocycles. The van der Waals surface area contributed by atoms with E-state index in [0.29, 0.717) is 13.0 Å². The quantitative estimate of drug-likeness (QED) is 0.744. The number of ether oxygens (including phenoxy) is 5. The van der Waals surface area contributed by atoms with Gasteiger partial charge in [0.25, 0.3) is 0 Å². The third-order valence-electron chi connectivity index (χ3n) is 3.71. The molecule has 0 spiro atoms. The van der Waals surface area contributed by atoms with E-state index < -0.39 is 23.5 Å². The van der Waals surface area contributed by atoms with Crippen LogP contribution in [0.1, 0.15) is 27.7 Å². The Hall–Kier alpha value is -0.730. The van der Waals surface area contributed by atoms with E-state index in [2.05, 4.69) is 5.32 Å². The topological polar surface area (TPSA) is 75.3 Å². The van der Waals surface area contributed by atoms with E-state index in [4.69, 9.17) is 23.7 Å². The third kappa shape index (κ3) is 2.23. The van der Waals surface area contributed by atoms with Crippen molar-refractivity contribution in [2.24, 2.45) is 0 Å². The monoisotopic (exact) mass is 287 g/mol. The van der Waals surface area contributed by atoms with Crippen LogP contribution in [-0.2, 0) is 28.5 Å². The number of hydrogen-bond donors (Lipinski definition) is 1. The summed E-state index contributed by atoms with van der Waals surface area (Å²) in [5, 5.41) is 2.61. The number of rotatable bonds is 3. The van der Waals surface area contributed by atoms with Crippen molar-refractivity contribution in [2.45, 2.75) is 63.4 Å². The van der Waals surface area contributed by atoms with Gasteiger partial charge in [-0.1, -0.05) is 0 Å². The van der Waals surface area contributed by atoms with Crippen molar-refractivity contribution in [3.8, 4) is 0 Å². The molecule has 3 aliphatic heterocycles. The zero-order chi connectivity index (χ0) is 14.6. The molecule has 0 unspecified atom stereocenters. The van der Waals surface area contributed by atoms with Gasteiger partial charge in [0.05, 0.1) is 13.2 Å². The summed E-state index contributed by atoms with van der Waals surface area (Å²) in [5.74, 6) is -2.52. The molecule has 4 atom stereocenters. The zero-order valence-corrected chi connectivity index (χ0v) is 12.2. The van der Waals surface area contributed by atoms with Crippen LogP contribution in [0.5, 0.6) is 0 Å². The van der Waals surface area contributed by atoms with Crippen molar-refractivity contribution in [3.63, 3.8) is 0 Å². The largest absolute Gasteiger partial charge is 0.353 e. The number of nitrogens with one attached hydrogen (secondary N) is 1. The molecule has 0 saturated carbocycles. The van der Waals surface area contributed by atoms with Gasteiger partial charge >= 0.3 is 0 Å². The molecule has 0 aromatic rings. The summed E-state index contributed by atoms with van der Waals surface area (Å²) in [6.45, 7) is 7.89.